The molecule has 286 valence electrons. The van der Waals surface area contributed by atoms with Gasteiger partial charge in [-0.3, -0.25) is 9.59 Å². The van der Waals surface area contributed by atoms with Crippen LogP contribution in [0.15, 0.2) is 0 Å². The molecule has 0 rings (SSSR count). The Kier molecular flexibility index (Phi) is 39.8. The van der Waals surface area contributed by atoms with Gasteiger partial charge in [0.05, 0.1) is 13.2 Å². The Morgan fingerprint density at radius 3 is 1.44 bits per heavy atom. The van der Waals surface area contributed by atoms with Crippen molar-refractivity contribution < 1.29 is 38.1 Å². The molecular weight excluding hydrogens is 610 g/mol. The summed E-state index contributed by atoms with van der Waals surface area (Å²) in [6.07, 6.45) is 26.4. The minimum atomic E-state index is -0.834. The molecule has 0 heterocycles. The number of nitrogens with one attached hydrogen (secondary N) is 1. The largest absolute Gasteiger partial charge is 0.462 e. The van der Waals surface area contributed by atoms with Crippen LogP contribution in [0.1, 0.15) is 182 Å². The molecule has 0 aromatic heterocycles. The fourth-order valence-electron chi connectivity index (χ4n) is 5.31. The first-order valence-corrected chi connectivity index (χ1v) is 19.4. The van der Waals surface area contributed by atoms with Gasteiger partial charge in [0, 0.05) is 33.1 Å². The molecule has 0 saturated carbocycles. The summed E-state index contributed by atoms with van der Waals surface area (Å²) in [6, 6.07) is 0. The predicted octanol–water partition coefficient (Wildman–Crippen LogP) is 10.3. The quantitative estimate of drug-likeness (QED) is 0.0394. The van der Waals surface area contributed by atoms with E-state index < -0.39 is 12.2 Å². The minimum absolute atomic E-state index is 0. The van der Waals surface area contributed by atoms with E-state index in [2.05, 4.69) is 19.2 Å². The summed E-state index contributed by atoms with van der Waals surface area (Å²) in [5.41, 5.74) is 0. The summed E-state index contributed by atoms with van der Waals surface area (Å²) in [7, 11) is 1.62. The Morgan fingerprint density at radius 2 is 0.958 bits per heavy atom. The van der Waals surface area contributed by atoms with Crippen LogP contribution in [0.5, 0.6) is 0 Å². The van der Waals surface area contributed by atoms with Crippen LogP contribution in [0.4, 0.5) is 4.79 Å². The fourth-order valence-corrected chi connectivity index (χ4v) is 5.31. The third-order valence-corrected chi connectivity index (χ3v) is 8.26. The average Bonchev–Trinajstić information content (AvgIpc) is 3.06. The first kappa shape index (κ1) is 48.2. The van der Waals surface area contributed by atoms with Crippen molar-refractivity contribution in [1.82, 2.24) is 5.32 Å². The third kappa shape index (κ3) is 37.0. The molecule has 0 radical (unpaired) electrons. The van der Waals surface area contributed by atoms with Crippen molar-refractivity contribution in [3.8, 4) is 0 Å². The summed E-state index contributed by atoms with van der Waals surface area (Å²) in [5, 5.41) is 2.67. The molecule has 9 heteroatoms. The number of alkyl carbamates (subject to hydrolysis) is 1. The highest BCUT2D eigenvalue weighted by Crippen LogP contribution is 2.14. The summed E-state index contributed by atoms with van der Waals surface area (Å²) in [4.78, 5) is 37.1. The van der Waals surface area contributed by atoms with Crippen LogP contribution in [-0.2, 0) is 33.3 Å². The van der Waals surface area contributed by atoms with Crippen molar-refractivity contribution in [1.29, 1.82) is 0 Å². The first-order chi connectivity index (χ1) is 23.0. The van der Waals surface area contributed by atoms with E-state index in [1.54, 1.807) is 7.11 Å². The van der Waals surface area contributed by atoms with Crippen molar-refractivity contribution in [3.05, 3.63) is 0 Å². The van der Waals surface area contributed by atoms with Crippen molar-refractivity contribution in [2.75, 3.05) is 46.7 Å². The Balaban J connectivity index is 0. The number of carbonyl (C=O) groups excluding carboxylic acids is 3. The Hall–Kier alpha value is -1.87. The number of methoxy groups -OCH3 is 1. The van der Waals surface area contributed by atoms with Gasteiger partial charge in [0.25, 0.3) is 0 Å². The van der Waals surface area contributed by atoms with Gasteiger partial charge in [-0.05, 0) is 19.3 Å². The Morgan fingerprint density at radius 1 is 0.521 bits per heavy atom. The highest BCUT2D eigenvalue weighted by atomic mass is 16.6. The summed E-state index contributed by atoms with van der Waals surface area (Å²) < 4.78 is 26.6. The van der Waals surface area contributed by atoms with Gasteiger partial charge in [-0.1, -0.05) is 150 Å². The predicted molar refractivity (Wildman–Crippen MR) is 196 cm³/mol. The van der Waals surface area contributed by atoms with Gasteiger partial charge in [-0.15, -0.1) is 0 Å². The van der Waals surface area contributed by atoms with Crippen molar-refractivity contribution >= 4 is 18.0 Å². The lowest BCUT2D eigenvalue weighted by Crippen LogP contribution is -2.34. The molecule has 1 N–H and O–H groups in total. The van der Waals surface area contributed by atoms with Crippen LogP contribution in [0.3, 0.4) is 0 Å². The number of rotatable bonds is 36. The van der Waals surface area contributed by atoms with E-state index in [-0.39, 0.29) is 32.6 Å². The van der Waals surface area contributed by atoms with E-state index >= 15 is 0 Å². The highest BCUT2D eigenvalue weighted by Gasteiger charge is 2.19. The average molecular weight is 688 g/mol. The minimum Gasteiger partial charge on any atom is -0.462 e. The van der Waals surface area contributed by atoms with Crippen LogP contribution in [0, 0.1) is 0 Å². The van der Waals surface area contributed by atoms with Gasteiger partial charge in [0.1, 0.15) is 13.2 Å². The number of carbonyl (C=O) groups is 3. The van der Waals surface area contributed by atoms with Gasteiger partial charge in [0.2, 0.25) is 0 Å². The third-order valence-electron chi connectivity index (χ3n) is 8.26. The number of esters is 2. The molecule has 0 aliphatic carbocycles. The number of amides is 1. The Labute approximate surface area is 295 Å². The Bertz CT molecular complexity index is 705. The van der Waals surface area contributed by atoms with E-state index in [4.69, 9.17) is 23.7 Å². The van der Waals surface area contributed by atoms with Crippen LogP contribution < -0.4 is 5.32 Å². The molecule has 48 heavy (non-hydrogen) atoms. The number of unbranched alkanes of at least 4 members (excludes halogenated alkanes) is 20. The molecular formula is C39H77NO8. The summed E-state index contributed by atoms with van der Waals surface area (Å²) in [5.74, 6) is -0.671. The van der Waals surface area contributed by atoms with Crippen LogP contribution in [0.2, 0.25) is 0 Å². The highest BCUT2D eigenvalue weighted by molar-refractivity contribution is 5.70. The molecule has 0 saturated heterocycles. The summed E-state index contributed by atoms with van der Waals surface area (Å²) in [6.45, 7) is 6.11. The van der Waals surface area contributed by atoms with Crippen LogP contribution >= 0.6 is 0 Å². The molecule has 9 nitrogen and oxygen atoms in total. The number of hydrogen-bond acceptors (Lipinski definition) is 8. The molecule has 1 atom stereocenters. The second kappa shape index (κ2) is 39.6. The maximum absolute atomic E-state index is 12.6. The molecule has 0 aliphatic rings. The van der Waals surface area contributed by atoms with E-state index in [9.17, 15) is 14.4 Å². The van der Waals surface area contributed by atoms with Gasteiger partial charge in [0.15, 0.2) is 6.10 Å². The lowest BCUT2D eigenvalue weighted by atomic mass is 10.1. The molecule has 0 bridgehead atoms. The molecule has 0 aromatic carbocycles. The number of ether oxygens (including phenoxy) is 5. The molecule has 1 unspecified atom stereocenters. The van der Waals surface area contributed by atoms with Gasteiger partial charge in [-0.2, -0.15) is 0 Å². The summed E-state index contributed by atoms with van der Waals surface area (Å²) >= 11 is 0. The van der Waals surface area contributed by atoms with Crippen LogP contribution in [-0.4, -0.2) is 70.8 Å². The molecule has 0 spiro atoms. The van der Waals surface area contributed by atoms with Crippen molar-refractivity contribution in [2.24, 2.45) is 0 Å². The molecule has 0 aromatic rings. The maximum Gasteiger partial charge on any atom is 0.407 e. The van der Waals surface area contributed by atoms with Gasteiger partial charge >= 0.3 is 18.0 Å². The SMILES string of the molecule is C.CCCCCCCCCCCCCC(=O)OCC(COC(=O)NCCCOCCOC)OC(=O)CCCCCCCCCCCCC. The van der Waals surface area contributed by atoms with E-state index in [0.717, 1.165) is 38.5 Å². The second-order valence-corrected chi connectivity index (χ2v) is 12.8. The first-order valence-electron chi connectivity index (χ1n) is 19.4. The lowest BCUT2D eigenvalue weighted by molar-refractivity contribution is -0.161. The van der Waals surface area contributed by atoms with Crippen molar-refractivity contribution in [2.45, 2.75) is 188 Å². The smallest absolute Gasteiger partial charge is 0.407 e. The topological polar surface area (TPSA) is 109 Å². The lowest BCUT2D eigenvalue weighted by Gasteiger charge is -2.18. The van der Waals surface area contributed by atoms with E-state index in [0.29, 0.717) is 45.6 Å². The number of hydrogen-bond donors (Lipinski definition) is 1. The molecule has 0 aliphatic heterocycles. The fraction of sp³-hybridized carbons (Fsp3) is 0.923. The second-order valence-electron chi connectivity index (χ2n) is 12.8. The van der Waals surface area contributed by atoms with E-state index in [1.165, 1.54) is 103 Å². The maximum atomic E-state index is 12.6. The molecule has 1 amide bonds. The van der Waals surface area contributed by atoms with Crippen LogP contribution in [0.25, 0.3) is 0 Å². The van der Waals surface area contributed by atoms with Crippen molar-refractivity contribution in [3.63, 3.8) is 0 Å². The molecule has 0 fully saturated rings. The zero-order chi connectivity index (χ0) is 34.5. The zero-order valence-electron chi connectivity index (χ0n) is 30.8. The van der Waals surface area contributed by atoms with Gasteiger partial charge in [-0.25, -0.2) is 4.79 Å². The van der Waals surface area contributed by atoms with Gasteiger partial charge < -0.3 is 29.0 Å². The standard InChI is InChI=1S/C38H73NO8.CH4/c1-4-6-8-10-12-14-16-18-20-22-24-27-36(40)45-33-35(34-46-38(42)39-29-26-30-44-32-31-43-3)47-37(41)28-25-23-21-19-17-15-13-11-9-7-5-2;/h35H,4-34H2,1-3H3,(H,39,42);1H4. The zero-order valence-corrected chi connectivity index (χ0v) is 30.8. The van der Waals surface area contributed by atoms with E-state index in [1.807, 2.05) is 0 Å². The normalized spacial score (nSPS) is 11.5. The monoisotopic (exact) mass is 688 g/mol.